The molecule has 0 atom stereocenters. The van der Waals surface area contributed by atoms with Crippen molar-refractivity contribution < 1.29 is 23.4 Å². The van der Waals surface area contributed by atoms with Gasteiger partial charge in [-0.05, 0) is 48.7 Å². The van der Waals surface area contributed by atoms with E-state index in [-0.39, 0.29) is 19.2 Å². The van der Waals surface area contributed by atoms with Crippen LogP contribution in [0.1, 0.15) is 24.4 Å². The molecule has 10 heteroatoms. The summed E-state index contributed by atoms with van der Waals surface area (Å²) in [6.45, 7) is 0.283. The average molecular weight is 486 g/mol. The standard InChI is InChI=1S/C25H28FN3O6/c1-33-22-6-3-17(13-23(22)34-2)15-28-24(31)20-14-19(35-12-9-26)4-5-21(20)29(25(28)32)18-7-10-27(16-30)11-8-18/h3-6,13-14,16,18H,7-12,15H2,1-2H3. The first-order chi connectivity index (χ1) is 17.0. The summed E-state index contributed by atoms with van der Waals surface area (Å²) in [6.07, 6.45) is 1.98. The second-order valence-electron chi connectivity index (χ2n) is 8.32. The van der Waals surface area contributed by atoms with Gasteiger partial charge < -0.3 is 19.1 Å². The van der Waals surface area contributed by atoms with E-state index in [0.29, 0.717) is 59.6 Å². The summed E-state index contributed by atoms with van der Waals surface area (Å²) >= 11 is 0. The predicted molar refractivity (Wildman–Crippen MR) is 128 cm³/mol. The number of likely N-dealkylation sites (tertiary alicyclic amines) is 1. The average Bonchev–Trinajstić information content (AvgIpc) is 2.90. The first kappa shape index (κ1) is 24.3. The van der Waals surface area contributed by atoms with Crippen molar-refractivity contribution in [3.8, 4) is 17.2 Å². The minimum Gasteiger partial charge on any atom is -0.493 e. The zero-order chi connectivity index (χ0) is 24.9. The zero-order valence-electron chi connectivity index (χ0n) is 19.7. The molecule has 1 aliphatic rings. The van der Waals surface area contributed by atoms with Gasteiger partial charge in [0.2, 0.25) is 6.41 Å². The molecule has 1 fully saturated rings. The van der Waals surface area contributed by atoms with Crippen molar-refractivity contribution in [2.75, 3.05) is 40.6 Å². The van der Waals surface area contributed by atoms with Gasteiger partial charge in [0.25, 0.3) is 5.56 Å². The third-order valence-corrected chi connectivity index (χ3v) is 6.29. The van der Waals surface area contributed by atoms with Crippen LogP contribution in [0.3, 0.4) is 0 Å². The minimum absolute atomic E-state index is 0.0245. The first-order valence-electron chi connectivity index (χ1n) is 11.4. The second-order valence-corrected chi connectivity index (χ2v) is 8.32. The van der Waals surface area contributed by atoms with Gasteiger partial charge in [0.05, 0.1) is 31.7 Å². The number of nitrogens with zero attached hydrogens (tertiary/aromatic N) is 3. The summed E-state index contributed by atoms with van der Waals surface area (Å²) in [5, 5.41) is 0.305. The molecule has 1 saturated heterocycles. The SMILES string of the molecule is COc1ccc(Cn2c(=O)c3cc(OCCF)ccc3n(C3CCN(C=O)CC3)c2=O)cc1OC. The maximum atomic E-state index is 13.7. The van der Waals surface area contributed by atoms with Gasteiger partial charge in [-0.2, -0.15) is 0 Å². The van der Waals surface area contributed by atoms with Crippen LogP contribution in [0.2, 0.25) is 0 Å². The molecular weight excluding hydrogens is 457 g/mol. The van der Waals surface area contributed by atoms with Gasteiger partial charge in [-0.3, -0.25) is 18.7 Å². The monoisotopic (exact) mass is 485 g/mol. The molecule has 0 N–H and O–H groups in total. The number of hydrogen-bond donors (Lipinski definition) is 0. The van der Waals surface area contributed by atoms with E-state index in [9.17, 15) is 18.8 Å². The van der Waals surface area contributed by atoms with E-state index in [4.69, 9.17) is 14.2 Å². The van der Waals surface area contributed by atoms with E-state index in [0.717, 1.165) is 6.41 Å². The van der Waals surface area contributed by atoms with E-state index >= 15 is 0 Å². The van der Waals surface area contributed by atoms with Gasteiger partial charge in [-0.25, -0.2) is 9.18 Å². The number of methoxy groups -OCH3 is 2. The number of carbonyl (C=O) groups excluding carboxylic acids is 1. The number of alkyl halides is 1. The fraction of sp³-hybridized carbons (Fsp3) is 0.400. The fourth-order valence-electron chi connectivity index (χ4n) is 4.51. The van der Waals surface area contributed by atoms with Crippen LogP contribution < -0.4 is 25.5 Å². The van der Waals surface area contributed by atoms with Crippen LogP contribution in [-0.4, -0.2) is 61.0 Å². The molecule has 35 heavy (non-hydrogen) atoms. The van der Waals surface area contributed by atoms with E-state index in [2.05, 4.69) is 0 Å². The Morgan fingerprint density at radius 2 is 1.77 bits per heavy atom. The highest BCUT2D eigenvalue weighted by atomic mass is 19.1. The summed E-state index contributed by atoms with van der Waals surface area (Å²) in [5.41, 5.74) is 0.278. The molecular formula is C25H28FN3O6. The lowest BCUT2D eigenvalue weighted by Crippen LogP contribution is -2.44. The van der Waals surface area contributed by atoms with Gasteiger partial charge in [0.15, 0.2) is 11.5 Å². The lowest BCUT2D eigenvalue weighted by atomic mass is 10.0. The number of benzene rings is 2. The van der Waals surface area contributed by atoms with Gasteiger partial charge in [0.1, 0.15) is 19.0 Å². The van der Waals surface area contributed by atoms with Crippen LogP contribution in [0.5, 0.6) is 17.2 Å². The summed E-state index contributed by atoms with van der Waals surface area (Å²) < 4.78 is 31.5. The number of piperidine rings is 1. The fourth-order valence-corrected chi connectivity index (χ4v) is 4.51. The molecule has 3 aromatic rings. The highest BCUT2D eigenvalue weighted by Gasteiger charge is 2.25. The predicted octanol–water partition coefficient (Wildman–Crippen LogP) is 2.37. The van der Waals surface area contributed by atoms with Crippen molar-refractivity contribution in [1.82, 2.24) is 14.0 Å². The molecule has 0 bridgehead atoms. The van der Waals surface area contributed by atoms with E-state index in [1.165, 1.54) is 18.8 Å². The topological polar surface area (TPSA) is 92.0 Å². The molecule has 4 rings (SSSR count). The Kier molecular flexibility index (Phi) is 7.38. The van der Waals surface area contributed by atoms with E-state index in [1.54, 1.807) is 45.9 Å². The quantitative estimate of drug-likeness (QED) is 0.432. The molecule has 2 heterocycles. The van der Waals surface area contributed by atoms with Crippen LogP contribution in [0, 0.1) is 0 Å². The number of amides is 1. The Morgan fingerprint density at radius 3 is 2.43 bits per heavy atom. The molecule has 1 aromatic heterocycles. The van der Waals surface area contributed by atoms with Crippen molar-refractivity contribution in [2.24, 2.45) is 0 Å². The normalized spacial score (nSPS) is 14.2. The number of halogens is 1. The van der Waals surface area contributed by atoms with E-state index in [1.807, 2.05) is 0 Å². The Labute approximate surface area is 201 Å². The van der Waals surface area contributed by atoms with Crippen molar-refractivity contribution in [3.05, 3.63) is 62.8 Å². The minimum atomic E-state index is -0.656. The van der Waals surface area contributed by atoms with Crippen molar-refractivity contribution in [3.63, 3.8) is 0 Å². The number of hydrogen-bond acceptors (Lipinski definition) is 6. The van der Waals surface area contributed by atoms with Gasteiger partial charge in [-0.15, -0.1) is 0 Å². The summed E-state index contributed by atoms with van der Waals surface area (Å²) in [5.74, 6) is 1.38. The van der Waals surface area contributed by atoms with Crippen molar-refractivity contribution in [1.29, 1.82) is 0 Å². The number of aromatic nitrogens is 2. The largest absolute Gasteiger partial charge is 0.493 e. The molecule has 1 amide bonds. The zero-order valence-corrected chi connectivity index (χ0v) is 19.7. The van der Waals surface area contributed by atoms with Crippen LogP contribution in [0.15, 0.2) is 46.0 Å². The number of ether oxygens (including phenoxy) is 3. The Bertz CT molecular complexity index is 1330. The molecule has 1 aliphatic heterocycles. The summed E-state index contributed by atoms with van der Waals surface area (Å²) in [4.78, 5) is 40.0. The number of rotatable bonds is 9. The van der Waals surface area contributed by atoms with E-state index < -0.39 is 17.9 Å². The Morgan fingerprint density at radius 1 is 1.03 bits per heavy atom. The Hall–Kier alpha value is -3.82. The summed E-state index contributed by atoms with van der Waals surface area (Å²) in [7, 11) is 3.05. The van der Waals surface area contributed by atoms with Gasteiger partial charge >= 0.3 is 5.69 Å². The third kappa shape index (κ3) is 4.87. The summed E-state index contributed by atoms with van der Waals surface area (Å²) in [6, 6.07) is 9.88. The first-order valence-corrected chi connectivity index (χ1v) is 11.4. The van der Waals surface area contributed by atoms with Crippen LogP contribution in [0.25, 0.3) is 10.9 Å². The molecule has 2 aromatic carbocycles. The maximum Gasteiger partial charge on any atom is 0.332 e. The van der Waals surface area contributed by atoms with Gasteiger partial charge in [0, 0.05) is 19.1 Å². The molecule has 0 unspecified atom stereocenters. The van der Waals surface area contributed by atoms with Crippen LogP contribution >= 0.6 is 0 Å². The molecule has 0 radical (unpaired) electrons. The third-order valence-electron chi connectivity index (χ3n) is 6.29. The smallest absolute Gasteiger partial charge is 0.332 e. The number of fused-ring (bicyclic) bond motifs is 1. The lowest BCUT2D eigenvalue weighted by Gasteiger charge is -2.31. The molecule has 0 aliphatic carbocycles. The van der Waals surface area contributed by atoms with Crippen molar-refractivity contribution in [2.45, 2.75) is 25.4 Å². The highest BCUT2D eigenvalue weighted by molar-refractivity contribution is 5.80. The van der Waals surface area contributed by atoms with Crippen LogP contribution in [0.4, 0.5) is 4.39 Å². The van der Waals surface area contributed by atoms with Gasteiger partial charge in [-0.1, -0.05) is 6.07 Å². The lowest BCUT2D eigenvalue weighted by molar-refractivity contribution is -0.119. The van der Waals surface area contributed by atoms with Crippen molar-refractivity contribution >= 4 is 17.3 Å². The molecule has 9 nitrogen and oxygen atoms in total. The second kappa shape index (κ2) is 10.6. The Balaban J connectivity index is 1.85. The maximum absolute atomic E-state index is 13.7. The molecule has 0 spiro atoms. The van der Waals surface area contributed by atoms with Crippen LogP contribution in [-0.2, 0) is 11.3 Å². The number of carbonyl (C=O) groups is 1. The molecule has 186 valence electrons. The molecule has 0 saturated carbocycles. The highest BCUT2D eigenvalue weighted by Crippen LogP contribution is 2.28.